The van der Waals surface area contributed by atoms with Gasteiger partial charge in [-0.2, -0.15) is 5.26 Å². The number of primary amides is 1. The fraction of sp³-hybridized carbons (Fsp3) is 0.292. The first-order chi connectivity index (χ1) is 16.2. The summed E-state index contributed by atoms with van der Waals surface area (Å²) in [6.45, 7) is 3.41. The number of carbonyl (C=O) groups excluding carboxylic acids is 4. The van der Waals surface area contributed by atoms with Gasteiger partial charge in [0.25, 0.3) is 5.91 Å². The Kier molecular flexibility index (Phi) is 7.16. The molecule has 176 valence electrons. The van der Waals surface area contributed by atoms with E-state index in [1.54, 1.807) is 36.4 Å². The number of imide groups is 1. The Morgan fingerprint density at radius 3 is 2.53 bits per heavy atom. The van der Waals surface area contributed by atoms with Crippen LogP contribution in [-0.2, 0) is 15.1 Å². The first-order valence-corrected chi connectivity index (χ1v) is 10.7. The van der Waals surface area contributed by atoms with E-state index in [-0.39, 0.29) is 18.5 Å². The highest BCUT2D eigenvalue weighted by Crippen LogP contribution is 2.30. The number of nitrogens with one attached hydrogen (secondary N) is 1. The number of anilines is 1. The molecular weight excluding hydrogens is 438 g/mol. The van der Waals surface area contributed by atoms with Crippen LogP contribution in [0.5, 0.6) is 5.75 Å². The normalized spacial score (nSPS) is 17.1. The van der Waals surface area contributed by atoms with Gasteiger partial charge in [0.2, 0.25) is 11.8 Å². The summed E-state index contributed by atoms with van der Waals surface area (Å²) in [6.07, 6.45) is 0.0662. The van der Waals surface area contributed by atoms with Crippen LogP contribution in [0.4, 0.5) is 10.5 Å². The third-order valence-corrected chi connectivity index (χ3v) is 5.50. The van der Waals surface area contributed by atoms with Crippen molar-refractivity contribution in [3.05, 3.63) is 59.7 Å². The van der Waals surface area contributed by atoms with Crippen molar-refractivity contribution in [2.24, 2.45) is 5.73 Å². The minimum absolute atomic E-state index is 0.0662. The number of urea groups is 1. The molecule has 0 saturated carbocycles. The molecule has 2 aromatic rings. The molecule has 0 radical (unpaired) electrons. The fourth-order valence-corrected chi connectivity index (χ4v) is 3.69. The highest BCUT2D eigenvalue weighted by molar-refractivity contribution is 6.10. The molecule has 1 heterocycles. The Labute approximate surface area is 196 Å². The molecule has 10 heteroatoms. The molecule has 5 amide bonds. The van der Waals surface area contributed by atoms with Crippen molar-refractivity contribution >= 4 is 29.4 Å². The predicted molar refractivity (Wildman–Crippen MR) is 123 cm³/mol. The average molecular weight is 463 g/mol. The Morgan fingerprint density at radius 2 is 1.91 bits per heavy atom. The summed E-state index contributed by atoms with van der Waals surface area (Å²) in [7, 11) is 0. The topological polar surface area (TPSA) is 146 Å². The first kappa shape index (κ1) is 24.3. The molecule has 0 bridgehead atoms. The largest absolute Gasteiger partial charge is 0.494 e. The average Bonchev–Trinajstić information content (AvgIpc) is 3.04. The number of hydrogen-bond donors (Lipinski definition) is 2. The standard InChI is InChI=1S/C24H25N5O5/c1-3-34-19-10-8-18(9-11-19)28(13-5-12-25)20(30)15-29-22(32)24(2,27-23(29)33)17-7-4-6-16(14-17)21(26)31/h4,6-11,14H,3,5,13,15H2,1-2H3,(H2,26,31)(H,27,33). The molecule has 34 heavy (non-hydrogen) atoms. The van der Waals surface area contributed by atoms with Gasteiger partial charge in [-0.3, -0.25) is 19.3 Å². The highest BCUT2D eigenvalue weighted by atomic mass is 16.5. The van der Waals surface area contributed by atoms with Crippen LogP contribution in [0.1, 0.15) is 36.2 Å². The Bertz CT molecular complexity index is 1160. The summed E-state index contributed by atoms with van der Waals surface area (Å²) in [5, 5.41) is 11.6. The zero-order chi connectivity index (χ0) is 24.9. The molecule has 1 saturated heterocycles. The molecule has 3 rings (SSSR count). The maximum atomic E-state index is 13.2. The van der Waals surface area contributed by atoms with Crippen LogP contribution in [-0.4, -0.2) is 48.3 Å². The van der Waals surface area contributed by atoms with Crippen molar-refractivity contribution < 1.29 is 23.9 Å². The van der Waals surface area contributed by atoms with Crippen LogP contribution >= 0.6 is 0 Å². The second kappa shape index (κ2) is 10.0. The second-order valence-electron chi connectivity index (χ2n) is 7.77. The maximum absolute atomic E-state index is 13.2. The Hall–Kier alpha value is -4.39. The smallest absolute Gasteiger partial charge is 0.325 e. The van der Waals surface area contributed by atoms with Crippen molar-refractivity contribution in [3.8, 4) is 11.8 Å². The van der Waals surface area contributed by atoms with Gasteiger partial charge in [0, 0.05) is 17.8 Å². The van der Waals surface area contributed by atoms with Crippen LogP contribution in [0, 0.1) is 11.3 Å². The molecule has 1 fully saturated rings. The maximum Gasteiger partial charge on any atom is 0.325 e. The molecule has 0 spiro atoms. The zero-order valence-corrected chi connectivity index (χ0v) is 18.9. The van der Waals surface area contributed by atoms with Crippen molar-refractivity contribution in [2.45, 2.75) is 25.8 Å². The number of nitriles is 1. The van der Waals surface area contributed by atoms with Gasteiger partial charge in [-0.25, -0.2) is 4.79 Å². The van der Waals surface area contributed by atoms with Gasteiger partial charge in [-0.1, -0.05) is 12.1 Å². The van der Waals surface area contributed by atoms with Crippen LogP contribution in [0.3, 0.4) is 0 Å². The summed E-state index contributed by atoms with van der Waals surface area (Å²) in [5.41, 5.74) is 4.92. The molecule has 0 aliphatic carbocycles. The lowest BCUT2D eigenvalue weighted by atomic mass is 9.90. The minimum atomic E-state index is -1.47. The third kappa shape index (κ3) is 4.83. The number of carbonyl (C=O) groups is 4. The van der Waals surface area contributed by atoms with Crippen LogP contribution < -0.4 is 20.7 Å². The summed E-state index contributed by atoms with van der Waals surface area (Å²) in [4.78, 5) is 52.8. The van der Waals surface area contributed by atoms with Crippen LogP contribution in [0.2, 0.25) is 0 Å². The molecule has 2 aromatic carbocycles. The molecule has 0 aromatic heterocycles. The highest BCUT2D eigenvalue weighted by Gasteiger charge is 2.49. The summed E-state index contributed by atoms with van der Waals surface area (Å²) in [6, 6.07) is 14.1. The fourth-order valence-electron chi connectivity index (χ4n) is 3.69. The number of hydrogen-bond acceptors (Lipinski definition) is 6. The SMILES string of the molecule is CCOc1ccc(N(CCC#N)C(=O)CN2C(=O)NC(C)(c3cccc(C(N)=O)c3)C2=O)cc1. The van der Waals surface area contributed by atoms with E-state index in [0.29, 0.717) is 23.6 Å². The van der Waals surface area contributed by atoms with E-state index in [4.69, 9.17) is 15.7 Å². The third-order valence-electron chi connectivity index (χ3n) is 5.50. The van der Waals surface area contributed by atoms with E-state index in [0.717, 1.165) is 4.90 Å². The summed E-state index contributed by atoms with van der Waals surface area (Å²) < 4.78 is 5.42. The van der Waals surface area contributed by atoms with E-state index in [9.17, 15) is 19.2 Å². The van der Waals surface area contributed by atoms with Gasteiger partial charge in [0.05, 0.1) is 19.1 Å². The molecule has 1 aliphatic rings. The van der Waals surface area contributed by atoms with Crippen LogP contribution in [0.25, 0.3) is 0 Å². The number of amides is 5. The van der Waals surface area contributed by atoms with E-state index < -0.39 is 35.8 Å². The molecule has 10 nitrogen and oxygen atoms in total. The molecule has 1 aliphatic heterocycles. The molecule has 1 atom stereocenters. The molecular formula is C24H25N5O5. The van der Waals surface area contributed by atoms with Gasteiger partial charge >= 0.3 is 6.03 Å². The van der Waals surface area contributed by atoms with Crippen molar-refractivity contribution in [3.63, 3.8) is 0 Å². The Morgan fingerprint density at radius 1 is 1.21 bits per heavy atom. The second-order valence-corrected chi connectivity index (χ2v) is 7.77. The predicted octanol–water partition coefficient (Wildman–Crippen LogP) is 1.90. The molecule has 1 unspecified atom stereocenters. The number of benzene rings is 2. The lowest BCUT2D eigenvalue weighted by Crippen LogP contribution is -2.45. The van der Waals surface area contributed by atoms with Gasteiger partial charge in [0.1, 0.15) is 17.8 Å². The Balaban J connectivity index is 1.83. The lowest BCUT2D eigenvalue weighted by Gasteiger charge is -2.25. The monoisotopic (exact) mass is 463 g/mol. The van der Waals surface area contributed by atoms with Crippen molar-refractivity contribution in [2.75, 3.05) is 24.6 Å². The van der Waals surface area contributed by atoms with Gasteiger partial charge in [0.15, 0.2) is 0 Å². The summed E-state index contributed by atoms with van der Waals surface area (Å²) >= 11 is 0. The van der Waals surface area contributed by atoms with Crippen molar-refractivity contribution in [1.29, 1.82) is 5.26 Å². The van der Waals surface area contributed by atoms with Gasteiger partial charge < -0.3 is 20.7 Å². The lowest BCUT2D eigenvalue weighted by molar-refractivity contribution is -0.134. The van der Waals surface area contributed by atoms with E-state index >= 15 is 0 Å². The first-order valence-electron chi connectivity index (χ1n) is 10.7. The number of nitrogens with zero attached hydrogens (tertiary/aromatic N) is 3. The van der Waals surface area contributed by atoms with E-state index in [1.165, 1.54) is 24.0 Å². The number of nitrogens with two attached hydrogens (primary N) is 1. The summed E-state index contributed by atoms with van der Waals surface area (Å²) in [5.74, 6) is -1.21. The minimum Gasteiger partial charge on any atom is -0.494 e. The van der Waals surface area contributed by atoms with E-state index in [1.807, 2.05) is 13.0 Å². The van der Waals surface area contributed by atoms with Gasteiger partial charge in [-0.15, -0.1) is 0 Å². The van der Waals surface area contributed by atoms with Crippen LogP contribution in [0.15, 0.2) is 48.5 Å². The van der Waals surface area contributed by atoms with E-state index in [2.05, 4.69) is 5.32 Å². The molecule has 3 N–H and O–H groups in total. The number of ether oxygens (including phenoxy) is 1. The number of rotatable bonds is 9. The quantitative estimate of drug-likeness (QED) is 0.543. The zero-order valence-electron chi connectivity index (χ0n) is 18.9. The van der Waals surface area contributed by atoms with Gasteiger partial charge in [-0.05, 0) is 55.8 Å². The van der Waals surface area contributed by atoms with Crippen molar-refractivity contribution in [1.82, 2.24) is 10.2 Å².